The second-order valence-electron chi connectivity index (χ2n) is 6.07. The van der Waals surface area contributed by atoms with Gasteiger partial charge in [-0.15, -0.1) is 11.3 Å². The Hall–Kier alpha value is -2.54. The number of carbonyl (C=O) groups is 1. The van der Waals surface area contributed by atoms with Gasteiger partial charge in [0.05, 0.1) is 16.8 Å². The van der Waals surface area contributed by atoms with E-state index < -0.39 is 0 Å². The molecule has 0 aliphatic rings. The third kappa shape index (κ3) is 3.32. The van der Waals surface area contributed by atoms with E-state index in [4.69, 9.17) is 0 Å². The number of hydrogen-bond donors (Lipinski definition) is 1. The summed E-state index contributed by atoms with van der Waals surface area (Å²) < 4.78 is 0. The highest BCUT2D eigenvalue weighted by atomic mass is 32.1. The fourth-order valence-electron chi connectivity index (χ4n) is 2.68. The van der Waals surface area contributed by atoms with Crippen molar-refractivity contribution < 1.29 is 4.79 Å². The zero-order chi connectivity index (χ0) is 18.1. The van der Waals surface area contributed by atoms with Crippen LogP contribution < -0.4 is 10.2 Å². The van der Waals surface area contributed by atoms with Gasteiger partial charge in [0.1, 0.15) is 16.5 Å². The molecular weight excluding hydrogens is 334 g/mol. The van der Waals surface area contributed by atoms with Crippen molar-refractivity contribution in [1.29, 1.82) is 0 Å². The normalized spacial score (nSPS) is 10.9. The predicted octanol–water partition coefficient (Wildman–Crippen LogP) is 3.58. The standard InChI is InChI=1S/C18H21N5OS/c1-6-13-20-11(3)15-10(2)16(25-18(15)22-13)17(24)21-12-7-8-14(19-9-12)23(4)5/h7-9H,6H2,1-5H3,(H,21,24). The molecule has 0 saturated carbocycles. The highest BCUT2D eigenvalue weighted by Crippen LogP contribution is 2.31. The third-order valence-electron chi connectivity index (χ3n) is 4.00. The average molecular weight is 355 g/mol. The number of nitrogens with zero attached hydrogens (tertiary/aromatic N) is 4. The van der Waals surface area contributed by atoms with Gasteiger partial charge in [-0.2, -0.15) is 0 Å². The van der Waals surface area contributed by atoms with Crippen LogP contribution in [0.25, 0.3) is 10.2 Å². The number of rotatable bonds is 4. The molecule has 3 aromatic rings. The lowest BCUT2D eigenvalue weighted by Gasteiger charge is -2.11. The molecule has 3 rings (SSSR count). The molecule has 0 aliphatic carbocycles. The first-order chi connectivity index (χ1) is 11.9. The smallest absolute Gasteiger partial charge is 0.266 e. The van der Waals surface area contributed by atoms with Crippen molar-refractivity contribution in [3.8, 4) is 0 Å². The molecule has 0 bridgehead atoms. The topological polar surface area (TPSA) is 71.0 Å². The Morgan fingerprint density at radius 1 is 1.24 bits per heavy atom. The van der Waals surface area contributed by atoms with Crippen LogP contribution in [0.4, 0.5) is 11.5 Å². The first-order valence-electron chi connectivity index (χ1n) is 8.12. The minimum absolute atomic E-state index is 0.141. The maximum absolute atomic E-state index is 12.7. The summed E-state index contributed by atoms with van der Waals surface area (Å²) in [4.78, 5) is 29.5. The quantitative estimate of drug-likeness (QED) is 0.774. The lowest BCUT2D eigenvalue weighted by atomic mass is 10.1. The number of aromatic nitrogens is 3. The molecule has 0 radical (unpaired) electrons. The van der Waals surface area contributed by atoms with Crippen LogP contribution in [0.5, 0.6) is 0 Å². The van der Waals surface area contributed by atoms with E-state index in [0.29, 0.717) is 10.6 Å². The van der Waals surface area contributed by atoms with Crippen molar-refractivity contribution in [3.05, 3.63) is 40.3 Å². The van der Waals surface area contributed by atoms with Gasteiger partial charge in [0.25, 0.3) is 5.91 Å². The minimum atomic E-state index is -0.141. The fraction of sp³-hybridized carbons (Fsp3) is 0.333. The number of hydrogen-bond acceptors (Lipinski definition) is 6. The summed E-state index contributed by atoms with van der Waals surface area (Å²) in [5.41, 5.74) is 2.52. The summed E-state index contributed by atoms with van der Waals surface area (Å²) in [6.07, 6.45) is 2.44. The van der Waals surface area contributed by atoms with E-state index in [0.717, 1.165) is 39.5 Å². The van der Waals surface area contributed by atoms with Gasteiger partial charge in [-0.3, -0.25) is 4.79 Å². The Morgan fingerprint density at radius 3 is 2.60 bits per heavy atom. The molecule has 0 aliphatic heterocycles. The largest absolute Gasteiger partial charge is 0.363 e. The van der Waals surface area contributed by atoms with E-state index in [1.54, 1.807) is 6.20 Å². The molecular formula is C18H21N5OS. The van der Waals surface area contributed by atoms with E-state index in [-0.39, 0.29) is 5.91 Å². The van der Waals surface area contributed by atoms with Crippen molar-refractivity contribution >= 4 is 39.0 Å². The Balaban J connectivity index is 1.91. The zero-order valence-electron chi connectivity index (χ0n) is 15.0. The monoisotopic (exact) mass is 355 g/mol. The van der Waals surface area contributed by atoms with Gasteiger partial charge in [-0.25, -0.2) is 15.0 Å². The zero-order valence-corrected chi connectivity index (χ0v) is 15.9. The van der Waals surface area contributed by atoms with Crippen molar-refractivity contribution in [2.24, 2.45) is 0 Å². The lowest BCUT2D eigenvalue weighted by molar-refractivity contribution is 0.103. The van der Waals surface area contributed by atoms with Crippen LogP contribution in [-0.2, 0) is 6.42 Å². The minimum Gasteiger partial charge on any atom is -0.363 e. The van der Waals surface area contributed by atoms with Gasteiger partial charge >= 0.3 is 0 Å². The summed E-state index contributed by atoms with van der Waals surface area (Å²) in [6.45, 7) is 5.94. The maximum Gasteiger partial charge on any atom is 0.266 e. The molecule has 1 N–H and O–H groups in total. The SMILES string of the molecule is CCc1nc(C)c2c(C)c(C(=O)Nc3ccc(N(C)C)nc3)sc2n1. The van der Waals surface area contributed by atoms with E-state index in [1.165, 1.54) is 11.3 Å². The molecule has 1 amide bonds. The fourth-order valence-corrected chi connectivity index (χ4v) is 3.83. The van der Waals surface area contributed by atoms with Crippen molar-refractivity contribution in [2.45, 2.75) is 27.2 Å². The molecule has 0 fully saturated rings. The second kappa shape index (κ2) is 6.76. The molecule has 0 aromatic carbocycles. The van der Waals surface area contributed by atoms with Gasteiger partial charge in [0, 0.05) is 31.6 Å². The average Bonchev–Trinajstić information content (AvgIpc) is 2.92. The van der Waals surface area contributed by atoms with Crippen LogP contribution >= 0.6 is 11.3 Å². The molecule has 3 aromatic heterocycles. The van der Waals surface area contributed by atoms with Crippen LogP contribution in [0.1, 0.15) is 33.7 Å². The summed E-state index contributed by atoms with van der Waals surface area (Å²) >= 11 is 1.41. The van der Waals surface area contributed by atoms with Gasteiger partial charge in [0.15, 0.2) is 0 Å². The number of nitrogens with one attached hydrogen (secondary N) is 1. The summed E-state index contributed by atoms with van der Waals surface area (Å²) in [7, 11) is 3.85. The molecule has 0 unspecified atom stereocenters. The molecule has 7 heteroatoms. The van der Waals surface area contributed by atoms with E-state index in [9.17, 15) is 4.79 Å². The molecule has 0 atom stereocenters. The van der Waals surface area contributed by atoms with E-state index >= 15 is 0 Å². The molecule has 0 spiro atoms. The number of pyridine rings is 1. The van der Waals surface area contributed by atoms with Crippen LogP contribution in [0, 0.1) is 13.8 Å². The Morgan fingerprint density at radius 2 is 2.00 bits per heavy atom. The van der Waals surface area contributed by atoms with Crippen LogP contribution in [-0.4, -0.2) is 35.0 Å². The van der Waals surface area contributed by atoms with Crippen molar-refractivity contribution in [2.75, 3.05) is 24.3 Å². The van der Waals surface area contributed by atoms with Gasteiger partial charge in [-0.05, 0) is 31.5 Å². The molecule has 0 saturated heterocycles. The summed E-state index contributed by atoms with van der Waals surface area (Å²) in [6, 6.07) is 3.72. The van der Waals surface area contributed by atoms with Crippen molar-refractivity contribution in [3.63, 3.8) is 0 Å². The number of amides is 1. The van der Waals surface area contributed by atoms with Gasteiger partial charge in [-0.1, -0.05) is 6.92 Å². The third-order valence-corrected chi connectivity index (χ3v) is 5.19. The Bertz CT molecular complexity index is 931. The number of thiophene rings is 1. The Labute approximate surface area is 150 Å². The van der Waals surface area contributed by atoms with Gasteiger partial charge in [0.2, 0.25) is 0 Å². The van der Waals surface area contributed by atoms with Gasteiger partial charge < -0.3 is 10.2 Å². The second-order valence-corrected chi connectivity index (χ2v) is 7.07. The number of carbonyl (C=O) groups excluding carboxylic acids is 1. The lowest BCUT2D eigenvalue weighted by Crippen LogP contribution is -2.13. The van der Waals surface area contributed by atoms with E-state index in [2.05, 4.69) is 20.3 Å². The first-order valence-corrected chi connectivity index (χ1v) is 8.93. The van der Waals surface area contributed by atoms with Crippen LogP contribution in [0.3, 0.4) is 0 Å². The predicted molar refractivity (Wildman–Crippen MR) is 103 cm³/mol. The summed E-state index contributed by atoms with van der Waals surface area (Å²) in [5.74, 6) is 1.51. The van der Waals surface area contributed by atoms with Crippen LogP contribution in [0.2, 0.25) is 0 Å². The highest BCUT2D eigenvalue weighted by molar-refractivity contribution is 7.20. The highest BCUT2D eigenvalue weighted by Gasteiger charge is 2.19. The Kier molecular flexibility index (Phi) is 4.67. The van der Waals surface area contributed by atoms with E-state index in [1.807, 2.05) is 51.9 Å². The molecule has 3 heterocycles. The number of aryl methyl sites for hydroxylation is 3. The maximum atomic E-state index is 12.7. The number of anilines is 2. The van der Waals surface area contributed by atoms with Crippen molar-refractivity contribution in [1.82, 2.24) is 15.0 Å². The summed E-state index contributed by atoms with van der Waals surface area (Å²) in [5, 5.41) is 3.90. The molecule has 25 heavy (non-hydrogen) atoms. The van der Waals surface area contributed by atoms with Crippen LogP contribution in [0.15, 0.2) is 18.3 Å². The number of fused-ring (bicyclic) bond motifs is 1. The first kappa shape index (κ1) is 17.3. The molecule has 6 nitrogen and oxygen atoms in total. The molecule has 130 valence electrons.